The van der Waals surface area contributed by atoms with Gasteiger partial charge in [-0.1, -0.05) is 84.9 Å². The summed E-state index contributed by atoms with van der Waals surface area (Å²) in [6.45, 7) is 1.18. The molecule has 0 unspecified atom stereocenters. The highest BCUT2D eigenvalue weighted by Crippen LogP contribution is 2.21. The van der Waals surface area contributed by atoms with Gasteiger partial charge in [-0.3, -0.25) is 9.59 Å². The van der Waals surface area contributed by atoms with Gasteiger partial charge in [-0.15, -0.1) is 0 Å². The van der Waals surface area contributed by atoms with E-state index in [0.29, 0.717) is 5.56 Å². The minimum Gasteiger partial charge on any atom is -0.348 e. The summed E-state index contributed by atoms with van der Waals surface area (Å²) >= 11 is 0. The zero-order valence-electron chi connectivity index (χ0n) is 18.3. The first kappa shape index (κ1) is 24.2. The summed E-state index contributed by atoms with van der Waals surface area (Å²) in [6, 6.07) is 26.3. The number of sulfonamides is 1. The monoisotopic (exact) mass is 465 g/mol. The van der Waals surface area contributed by atoms with Crippen molar-refractivity contribution in [2.45, 2.75) is 18.7 Å². The van der Waals surface area contributed by atoms with Gasteiger partial charge in [0.2, 0.25) is 21.8 Å². The Morgan fingerprint density at radius 2 is 1.33 bits per heavy atom. The largest absolute Gasteiger partial charge is 0.348 e. The van der Waals surface area contributed by atoms with Crippen molar-refractivity contribution >= 4 is 21.8 Å². The third kappa shape index (κ3) is 7.85. The molecule has 2 amide bonds. The number of nitrogens with one attached hydrogen (secondary N) is 3. The molecule has 0 aromatic heterocycles. The Morgan fingerprint density at radius 3 is 1.97 bits per heavy atom. The Labute approximate surface area is 194 Å². The van der Waals surface area contributed by atoms with Crippen LogP contribution >= 0.6 is 0 Å². The molecule has 33 heavy (non-hydrogen) atoms. The highest BCUT2D eigenvalue weighted by molar-refractivity contribution is 7.88. The molecule has 3 N–H and O–H groups in total. The van der Waals surface area contributed by atoms with Crippen LogP contribution in [0.5, 0.6) is 0 Å². The van der Waals surface area contributed by atoms with Gasteiger partial charge in [-0.05, 0) is 29.2 Å². The van der Waals surface area contributed by atoms with Crippen LogP contribution in [0.2, 0.25) is 0 Å². The van der Waals surface area contributed by atoms with Crippen LogP contribution in [0.25, 0.3) is 11.1 Å². The van der Waals surface area contributed by atoms with Gasteiger partial charge in [0, 0.05) is 0 Å². The van der Waals surface area contributed by atoms with E-state index < -0.39 is 22.5 Å². The van der Waals surface area contributed by atoms with Gasteiger partial charge in [0.15, 0.2) is 0 Å². The van der Waals surface area contributed by atoms with Crippen LogP contribution in [-0.4, -0.2) is 33.3 Å². The first-order valence-electron chi connectivity index (χ1n) is 10.5. The number of amides is 2. The van der Waals surface area contributed by atoms with E-state index in [2.05, 4.69) is 15.4 Å². The lowest BCUT2D eigenvalue weighted by Crippen LogP contribution is -2.42. The molecule has 172 valence electrons. The predicted molar refractivity (Wildman–Crippen MR) is 129 cm³/mol. The molecule has 0 radical (unpaired) electrons. The molecule has 0 heterocycles. The van der Waals surface area contributed by atoms with Crippen molar-refractivity contribution in [3.63, 3.8) is 0 Å². The van der Waals surface area contributed by atoms with Gasteiger partial charge < -0.3 is 10.6 Å². The normalized spacial score (nSPS) is 12.0. The lowest BCUT2D eigenvalue weighted by molar-refractivity contribution is -0.125. The fourth-order valence-electron chi connectivity index (χ4n) is 3.23. The van der Waals surface area contributed by atoms with Gasteiger partial charge in [0.05, 0.1) is 24.9 Å². The van der Waals surface area contributed by atoms with Gasteiger partial charge >= 0.3 is 0 Å². The summed E-state index contributed by atoms with van der Waals surface area (Å²) in [7, 11) is -3.66. The predicted octanol–water partition coefficient (Wildman–Crippen LogP) is 2.77. The van der Waals surface area contributed by atoms with E-state index >= 15 is 0 Å². The van der Waals surface area contributed by atoms with Crippen molar-refractivity contribution in [1.29, 1.82) is 0 Å². The first-order chi connectivity index (χ1) is 15.8. The molecule has 3 aromatic rings. The highest BCUT2D eigenvalue weighted by Gasteiger charge is 2.15. The molecule has 1 atom stereocenters. The average Bonchev–Trinajstić information content (AvgIpc) is 2.82. The molecular weight excluding hydrogens is 438 g/mol. The zero-order chi connectivity index (χ0) is 23.7. The van der Waals surface area contributed by atoms with Crippen LogP contribution in [0.3, 0.4) is 0 Å². The maximum Gasteiger partial charge on any atom is 0.239 e. The fourth-order valence-corrected chi connectivity index (χ4v) is 4.32. The Hall–Kier alpha value is -3.49. The quantitative estimate of drug-likeness (QED) is 0.428. The van der Waals surface area contributed by atoms with E-state index in [1.807, 2.05) is 61.5 Å². The molecular formula is C25H27N3O4S. The standard InChI is InChI=1S/C25H27N3O4S/c1-19(21-12-14-23(15-13-21)22-10-6-3-7-11-22)28-25(30)16-26-24(29)17-27-33(31,32)18-20-8-4-2-5-9-20/h2-15,19,27H,16-18H2,1H3,(H,26,29)(H,28,30)/t19-/m1/s1. The van der Waals surface area contributed by atoms with Crippen molar-refractivity contribution in [3.05, 3.63) is 96.1 Å². The van der Waals surface area contributed by atoms with E-state index in [0.717, 1.165) is 16.7 Å². The van der Waals surface area contributed by atoms with Crippen LogP contribution in [0.4, 0.5) is 0 Å². The van der Waals surface area contributed by atoms with Gasteiger partial charge in [0.1, 0.15) is 0 Å². The summed E-state index contributed by atoms with van der Waals surface area (Å²) in [5.74, 6) is -1.17. The Kier molecular flexibility index (Phi) is 8.34. The summed E-state index contributed by atoms with van der Waals surface area (Å²) < 4.78 is 26.4. The Morgan fingerprint density at radius 1 is 0.758 bits per heavy atom. The van der Waals surface area contributed by atoms with Crippen molar-refractivity contribution in [3.8, 4) is 11.1 Å². The molecule has 0 fully saturated rings. The van der Waals surface area contributed by atoms with Crippen LogP contribution < -0.4 is 15.4 Å². The number of carbonyl (C=O) groups excluding carboxylic acids is 2. The second-order valence-corrected chi connectivity index (χ2v) is 9.43. The number of rotatable bonds is 10. The van der Waals surface area contributed by atoms with Gasteiger partial charge in [-0.2, -0.15) is 0 Å². The lowest BCUT2D eigenvalue weighted by Gasteiger charge is -2.15. The molecule has 0 saturated heterocycles. The third-order valence-corrected chi connectivity index (χ3v) is 6.29. The van der Waals surface area contributed by atoms with E-state index in [9.17, 15) is 18.0 Å². The molecule has 3 rings (SSSR count). The van der Waals surface area contributed by atoms with E-state index in [1.165, 1.54) is 0 Å². The Bertz CT molecular complexity index is 1170. The summed E-state index contributed by atoms with van der Waals surface area (Å²) in [5, 5.41) is 5.25. The molecule has 0 bridgehead atoms. The van der Waals surface area contributed by atoms with Crippen molar-refractivity contribution in [2.24, 2.45) is 0 Å². The number of benzene rings is 3. The number of hydrogen-bond acceptors (Lipinski definition) is 4. The molecule has 7 nitrogen and oxygen atoms in total. The van der Waals surface area contributed by atoms with Crippen LogP contribution in [0.15, 0.2) is 84.9 Å². The number of hydrogen-bond donors (Lipinski definition) is 3. The van der Waals surface area contributed by atoms with E-state index in [4.69, 9.17) is 0 Å². The second-order valence-electron chi connectivity index (χ2n) is 7.62. The summed E-state index contributed by atoms with van der Waals surface area (Å²) in [5.41, 5.74) is 3.75. The molecule has 0 aliphatic carbocycles. The average molecular weight is 466 g/mol. The topological polar surface area (TPSA) is 104 Å². The SMILES string of the molecule is C[C@@H](NC(=O)CNC(=O)CNS(=O)(=O)Cc1ccccc1)c1ccc(-c2ccccc2)cc1. The first-order valence-corrected chi connectivity index (χ1v) is 12.2. The Balaban J connectivity index is 1.41. The summed E-state index contributed by atoms with van der Waals surface area (Å²) in [4.78, 5) is 24.2. The minimum atomic E-state index is -3.66. The van der Waals surface area contributed by atoms with Gasteiger partial charge in [0.25, 0.3) is 0 Å². The lowest BCUT2D eigenvalue weighted by atomic mass is 10.0. The maximum absolute atomic E-state index is 12.2. The van der Waals surface area contributed by atoms with Crippen molar-refractivity contribution in [1.82, 2.24) is 15.4 Å². The highest BCUT2D eigenvalue weighted by atomic mass is 32.2. The van der Waals surface area contributed by atoms with E-state index in [-0.39, 0.29) is 24.2 Å². The molecule has 8 heteroatoms. The van der Waals surface area contributed by atoms with Gasteiger partial charge in [-0.25, -0.2) is 13.1 Å². The molecule has 0 aliphatic heterocycles. The second kappa shape index (κ2) is 11.4. The number of carbonyl (C=O) groups is 2. The van der Waals surface area contributed by atoms with E-state index in [1.54, 1.807) is 30.3 Å². The fraction of sp³-hybridized carbons (Fsp3) is 0.200. The molecule has 0 aliphatic rings. The smallest absolute Gasteiger partial charge is 0.239 e. The minimum absolute atomic E-state index is 0.220. The molecule has 0 saturated carbocycles. The zero-order valence-corrected chi connectivity index (χ0v) is 19.1. The van der Waals surface area contributed by atoms with Crippen LogP contribution in [0.1, 0.15) is 24.1 Å². The maximum atomic E-state index is 12.2. The summed E-state index contributed by atoms with van der Waals surface area (Å²) in [6.07, 6.45) is 0. The third-order valence-electron chi connectivity index (χ3n) is 4.99. The molecule has 0 spiro atoms. The van der Waals surface area contributed by atoms with Crippen LogP contribution in [-0.2, 0) is 25.4 Å². The van der Waals surface area contributed by atoms with Crippen molar-refractivity contribution < 1.29 is 18.0 Å². The van der Waals surface area contributed by atoms with Crippen LogP contribution in [0, 0.1) is 0 Å². The molecule has 3 aromatic carbocycles. The van der Waals surface area contributed by atoms with Crippen molar-refractivity contribution in [2.75, 3.05) is 13.1 Å².